The lowest BCUT2D eigenvalue weighted by Crippen LogP contribution is -2.41. The normalized spacial score (nSPS) is 12.8. The Bertz CT molecular complexity index is 961. The van der Waals surface area contributed by atoms with Gasteiger partial charge in [0, 0.05) is 19.1 Å². The van der Waals surface area contributed by atoms with Crippen LogP contribution in [-0.2, 0) is 22.8 Å². The molecule has 0 aliphatic rings. The van der Waals surface area contributed by atoms with Crippen molar-refractivity contribution in [3.63, 3.8) is 0 Å². The molecule has 0 saturated heterocycles. The minimum atomic E-state index is -3.39. The van der Waals surface area contributed by atoms with Crippen molar-refractivity contribution >= 4 is 9.84 Å². The van der Waals surface area contributed by atoms with E-state index in [1.165, 1.54) is 0 Å². The first-order valence-corrected chi connectivity index (χ1v) is 11.4. The molecule has 0 saturated carbocycles. The van der Waals surface area contributed by atoms with Gasteiger partial charge in [-0.05, 0) is 29.7 Å². The van der Waals surface area contributed by atoms with Gasteiger partial charge in [-0.1, -0.05) is 78.9 Å². The maximum Gasteiger partial charge on any atom is 0.179 e. The molecule has 0 fully saturated rings. The molecule has 0 unspecified atom stereocenters. The van der Waals surface area contributed by atoms with Crippen molar-refractivity contribution in [1.29, 1.82) is 0 Å². The monoisotopic (exact) mass is 409 g/mol. The van der Waals surface area contributed by atoms with Crippen LogP contribution in [0.4, 0.5) is 0 Å². The highest BCUT2D eigenvalue weighted by atomic mass is 32.2. The second-order valence-corrected chi connectivity index (χ2v) is 9.22. The van der Waals surface area contributed by atoms with Gasteiger partial charge in [-0.3, -0.25) is 4.90 Å². The molecule has 152 valence electrons. The number of aliphatic hydroxyl groups is 1. The zero-order valence-electron chi connectivity index (χ0n) is 16.4. The van der Waals surface area contributed by atoms with E-state index in [1.807, 2.05) is 66.7 Å². The summed E-state index contributed by atoms with van der Waals surface area (Å²) in [6.07, 6.45) is 0.662. The fourth-order valence-corrected chi connectivity index (χ4v) is 4.67. The molecule has 0 spiro atoms. The molecule has 0 bridgehead atoms. The van der Waals surface area contributed by atoms with E-state index in [9.17, 15) is 13.5 Å². The molecule has 0 heterocycles. The van der Waals surface area contributed by atoms with Crippen molar-refractivity contribution < 1.29 is 13.5 Å². The first-order valence-electron chi connectivity index (χ1n) is 9.79. The number of hydrogen-bond donors (Lipinski definition) is 1. The van der Waals surface area contributed by atoms with Crippen LogP contribution in [0, 0.1) is 0 Å². The third-order valence-corrected chi connectivity index (χ3v) is 6.73. The highest BCUT2D eigenvalue weighted by Crippen LogP contribution is 2.16. The molecule has 0 aliphatic carbocycles. The highest BCUT2D eigenvalue weighted by molar-refractivity contribution is 7.91. The molecule has 0 aliphatic heterocycles. The number of hydrogen-bond acceptors (Lipinski definition) is 4. The van der Waals surface area contributed by atoms with Crippen LogP contribution in [0.2, 0.25) is 0 Å². The van der Waals surface area contributed by atoms with Gasteiger partial charge in [-0.2, -0.15) is 0 Å². The summed E-state index contributed by atoms with van der Waals surface area (Å²) in [5.41, 5.74) is 2.21. The van der Waals surface area contributed by atoms with Gasteiger partial charge in [0.25, 0.3) is 0 Å². The minimum absolute atomic E-state index is 0.00906. The highest BCUT2D eigenvalue weighted by Gasteiger charge is 2.22. The van der Waals surface area contributed by atoms with Crippen LogP contribution in [-0.4, -0.2) is 43.4 Å². The summed E-state index contributed by atoms with van der Waals surface area (Å²) in [6, 6.07) is 28.3. The molecule has 5 heteroatoms. The zero-order chi connectivity index (χ0) is 20.5. The molecule has 0 radical (unpaired) electrons. The lowest BCUT2D eigenvalue weighted by atomic mass is 10.0. The van der Waals surface area contributed by atoms with Crippen molar-refractivity contribution in [1.82, 2.24) is 4.90 Å². The number of rotatable bonds is 10. The molecule has 3 rings (SSSR count). The molecular formula is C24H27NO3S. The van der Waals surface area contributed by atoms with Gasteiger partial charge in [0.05, 0.1) is 17.3 Å². The van der Waals surface area contributed by atoms with E-state index in [0.717, 1.165) is 11.1 Å². The molecule has 29 heavy (non-hydrogen) atoms. The summed E-state index contributed by atoms with van der Waals surface area (Å²) in [6.45, 7) is 0.903. The van der Waals surface area contributed by atoms with Crippen LogP contribution < -0.4 is 0 Å². The molecule has 1 atom stereocenters. The fourth-order valence-electron chi connectivity index (χ4n) is 3.39. The van der Waals surface area contributed by atoms with E-state index in [4.69, 9.17) is 0 Å². The van der Waals surface area contributed by atoms with Gasteiger partial charge in [0.15, 0.2) is 9.84 Å². The Labute approximate surface area is 173 Å². The smallest absolute Gasteiger partial charge is 0.179 e. The Morgan fingerprint density at radius 1 is 0.759 bits per heavy atom. The summed E-state index contributed by atoms with van der Waals surface area (Å²) in [7, 11) is -3.39. The molecule has 4 nitrogen and oxygen atoms in total. The second-order valence-electron chi connectivity index (χ2n) is 7.11. The SMILES string of the molecule is O=S(=O)(CCN(Cc1ccccc1)[C@H](CO)Cc1ccccc1)c1ccccc1. The van der Waals surface area contributed by atoms with Crippen LogP contribution in [0.5, 0.6) is 0 Å². The van der Waals surface area contributed by atoms with Crippen molar-refractivity contribution in [3.05, 3.63) is 102 Å². The quantitative estimate of drug-likeness (QED) is 0.556. The Hall–Kier alpha value is -2.47. The summed E-state index contributed by atoms with van der Waals surface area (Å²) in [5, 5.41) is 10.1. The largest absolute Gasteiger partial charge is 0.395 e. The standard InChI is InChI=1S/C24H27NO3S/c26-20-23(18-21-10-4-1-5-11-21)25(19-22-12-6-2-7-13-22)16-17-29(27,28)24-14-8-3-9-15-24/h1-15,23,26H,16-20H2/t23-/m0/s1. The number of sulfone groups is 1. The van der Waals surface area contributed by atoms with Crippen LogP contribution in [0.15, 0.2) is 95.9 Å². The van der Waals surface area contributed by atoms with Gasteiger partial charge in [-0.25, -0.2) is 8.42 Å². The van der Waals surface area contributed by atoms with E-state index >= 15 is 0 Å². The Morgan fingerprint density at radius 3 is 1.83 bits per heavy atom. The summed E-state index contributed by atoms with van der Waals surface area (Å²) < 4.78 is 25.5. The van der Waals surface area contributed by atoms with E-state index in [2.05, 4.69) is 4.90 Å². The van der Waals surface area contributed by atoms with Crippen LogP contribution >= 0.6 is 0 Å². The van der Waals surface area contributed by atoms with Crippen molar-refractivity contribution in [2.24, 2.45) is 0 Å². The first-order chi connectivity index (χ1) is 14.1. The number of benzene rings is 3. The zero-order valence-corrected chi connectivity index (χ0v) is 17.2. The third-order valence-electron chi connectivity index (χ3n) is 5.02. The molecule has 3 aromatic carbocycles. The van der Waals surface area contributed by atoms with Gasteiger partial charge >= 0.3 is 0 Å². The van der Waals surface area contributed by atoms with E-state index in [0.29, 0.717) is 24.4 Å². The topological polar surface area (TPSA) is 57.6 Å². The number of aliphatic hydroxyl groups excluding tert-OH is 1. The van der Waals surface area contributed by atoms with E-state index in [-0.39, 0.29) is 18.4 Å². The summed E-state index contributed by atoms with van der Waals surface area (Å²) >= 11 is 0. The average Bonchev–Trinajstić information content (AvgIpc) is 2.77. The minimum Gasteiger partial charge on any atom is -0.395 e. The van der Waals surface area contributed by atoms with Gasteiger partial charge in [0.1, 0.15) is 0 Å². The molecule has 1 N–H and O–H groups in total. The van der Waals surface area contributed by atoms with E-state index in [1.54, 1.807) is 24.3 Å². The molecular weight excluding hydrogens is 382 g/mol. The van der Waals surface area contributed by atoms with Gasteiger partial charge < -0.3 is 5.11 Å². The molecule has 0 aromatic heterocycles. The van der Waals surface area contributed by atoms with Crippen molar-refractivity contribution in [3.8, 4) is 0 Å². The summed E-state index contributed by atoms with van der Waals surface area (Å²) in [4.78, 5) is 2.41. The Morgan fingerprint density at radius 2 is 1.28 bits per heavy atom. The Kier molecular flexibility index (Phi) is 7.58. The molecule has 0 amide bonds. The van der Waals surface area contributed by atoms with E-state index < -0.39 is 9.84 Å². The second kappa shape index (κ2) is 10.3. The number of nitrogens with zero attached hydrogens (tertiary/aromatic N) is 1. The Balaban J connectivity index is 1.78. The predicted octanol–water partition coefficient (Wildman–Crippen LogP) is 3.57. The predicted molar refractivity (Wildman–Crippen MR) is 116 cm³/mol. The van der Waals surface area contributed by atoms with Crippen molar-refractivity contribution in [2.45, 2.75) is 23.9 Å². The maximum atomic E-state index is 12.8. The van der Waals surface area contributed by atoms with Crippen LogP contribution in [0.3, 0.4) is 0 Å². The van der Waals surface area contributed by atoms with Gasteiger partial charge in [0.2, 0.25) is 0 Å². The van der Waals surface area contributed by atoms with Gasteiger partial charge in [-0.15, -0.1) is 0 Å². The summed E-state index contributed by atoms with van der Waals surface area (Å²) in [5.74, 6) is 0.00906. The lowest BCUT2D eigenvalue weighted by molar-refractivity contribution is 0.122. The van der Waals surface area contributed by atoms with Crippen molar-refractivity contribution in [2.75, 3.05) is 18.9 Å². The van der Waals surface area contributed by atoms with Crippen LogP contribution in [0.1, 0.15) is 11.1 Å². The lowest BCUT2D eigenvalue weighted by Gasteiger charge is -2.31. The molecule has 3 aromatic rings. The third kappa shape index (κ3) is 6.26. The first kappa shape index (κ1) is 21.2. The average molecular weight is 410 g/mol. The van der Waals surface area contributed by atoms with Crippen LogP contribution in [0.25, 0.3) is 0 Å². The fraction of sp³-hybridized carbons (Fsp3) is 0.250. The maximum absolute atomic E-state index is 12.8.